The topological polar surface area (TPSA) is 0 Å². The van der Waals surface area contributed by atoms with Crippen LogP contribution in [-0.2, 0) is 0 Å². The van der Waals surface area contributed by atoms with Crippen molar-refractivity contribution in [3.8, 4) is 0 Å². The van der Waals surface area contributed by atoms with E-state index in [1.54, 1.807) is 5.57 Å². The van der Waals surface area contributed by atoms with Gasteiger partial charge in [-0.25, -0.2) is 0 Å². The predicted octanol–water partition coefficient (Wildman–Crippen LogP) is 4.23. The number of hydrogen-bond donors (Lipinski definition) is 0. The Kier molecular flexibility index (Phi) is 2.04. The van der Waals surface area contributed by atoms with Gasteiger partial charge in [-0.2, -0.15) is 0 Å². The predicted molar refractivity (Wildman–Crippen MR) is 60.1 cm³/mol. The smallest absolute Gasteiger partial charge is 0.0156 e. The number of allylic oxidation sites excluding steroid dienone is 3. The number of rotatable bonds is 0. The Balaban J connectivity index is 2.02. The summed E-state index contributed by atoms with van der Waals surface area (Å²) >= 11 is 0. The summed E-state index contributed by atoms with van der Waals surface area (Å²) in [6.07, 6.45) is 11.4. The second kappa shape index (κ2) is 3.25. The van der Waals surface area contributed by atoms with Crippen LogP contribution in [0, 0.1) is 11.8 Å². The molecule has 76 valence electrons. The molecule has 0 amide bonds. The van der Waals surface area contributed by atoms with E-state index in [-0.39, 0.29) is 0 Å². The minimum atomic E-state index is 0.923. The Hall–Kier alpha value is -0.520. The zero-order valence-electron chi connectivity index (χ0n) is 9.02. The Morgan fingerprint density at radius 3 is 2.64 bits per heavy atom. The van der Waals surface area contributed by atoms with Crippen LogP contribution in [0.1, 0.15) is 51.4 Å². The van der Waals surface area contributed by atoms with Gasteiger partial charge in [0.15, 0.2) is 0 Å². The first-order valence-electron chi connectivity index (χ1n) is 6.27. The summed E-state index contributed by atoms with van der Waals surface area (Å²) in [7, 11) is 0. The summed E-state index contributed by atoms with van der Waals surface area (Å²) in [5, 5.41) is 0. The maximum atomic E-state index is 4.27. The lowest BCUT2D eigenvalue weighted by molar-refractivity contribution is 0.357. The zero-order chi connectivity index (χ0) is 9.54. The first-order chi connectivity index (χ1) is 6.86. The summed E-state index contributed by atoms with van der Waals surface area (Å²) in [6.45, 7) is 4.27. The molecule has 2 unspecified atom stereocenters. The Bertz CT molecular complexity index is 295. The summed E-state index contributed by atoms with van der Waals surface area (Å²) < 4.78 is 0. The summed E-state index contributed by atoms with van der Waals surface area (Å²) in [6, 6.07) is 0. The fraction of sp³-hybridized carbons (Fsp3) is 0.714. The molecular formula is C14H20. The van der Waals surface area contributed by atoms with Crippen LogP contribution >= 0.6 is 0 Å². The molecule has 2 saturated carbocycles. The largest absolute Gasteiger partial charge is 0.0955 e. The molecule has 0 spiro atoms. The van der Waals surface area contributed by atoms with E-state index in [9.17, 15) is 0 Å². The molecule has 3 aliphatic carbocycles. The third-order valence-corrected chi connectivity index (χ3v) is 4.53. The molecular weight excluding hydrogens is 168 g/mol. The standard InChI is InChI=1S/C14H20/c1-10-6-7-12-9-8-11-4-2-3-5-13(11)14(10)12/h11-12H,1-9H2. The Morgan fingerprint density at radius 2 is 1.71 bits per heavy atom. The van der Waals surface area contributed by atoms with Gasteiger partial charge in [0.2, 0.25) is 0 Å². The maximum absolute atomic E-state index is 4.27. The maximum Gasteiger partial charge on any atom is -0.0156 e. The molecule has 2 atom stereocenters. The quantitative estimate of drug-likeness (QED) is 0.533. The highest BCUT2D eigenvalue weighted by molar-refractivity contribution is 5.42. The van der Waals surface area contributed by atoms with E-state index >= 15 is 0 Å². The van der Waals surface area contributed by atoms with Gasteiger partial charge in [-0.3, -0.25) is 0 Å². The van der Waals surface area contributed by atoms with Crippen LogP contribution < -0.4 is 0 Å². The van der Waals surface area contributed by atoms with E-state index in [1.807, 2.05) is 5.57 Å². The summed E-state index contributed by atoms with van der Waals surface area (Å²) in [5.74, 6) is 1.89. The molecule has 0 heterocycles. The van der Waals surface area contributed by atoms with E-state index in [4.69, 9.17) is 0 Å². The molecule has 0 N–H and O–H groups in total. The van der Waals surface area contributed by atoms with Gasteiger partial charge in [0.1, 0.15) is 0 Å². The highest BCUT2D eigenvalue weighted by Gasteiger charge is 2.34. The summed E-state index contributed by atoms with van der Waals surface area (Å²) in [4.78, 5) is 0. The number of hydrogen-bond acceptors (Lipinski definition) is 0. The van der Waals surface area contributed by atoms with Crippen LogP contribution in [0.3, 0.4) is 0 Å². The highest BCUT2D eigenvalue weighted by Crippen LogP contribution is 2.50. The van der Waals surface area contributed by atoms with Gasteiger partial charge in [-0.1, -0.05) is 24.1 Å². The van der Waals surface area contributed by atoms with Crippen molar-refractivity contribution in [2.45, 2.75) is 51.4 Å². The molecule has 0 aromatic carbocycles. The van der Waals surface area contributed by atoms with Crippen LogP contribution in [0.25, 0.3) is 0 Å². The number of fused-ring (bicyclic) bond motifs is 2. The van der Waals surface area contributed by atoms with E-state index < -0.39 is 0 Å². The van der Waals surface area contributed by atoms with E-state index in [2.05, 4.69) is 6.58 Å². The van der Waals surface area contributed by atoms with Crippen LogP contribution in [0.4, 0.5) is 0 Å². The molecule has 0 heteroatoms. The van der Waals surface area contributed by atoms with Crippen LogP contribution in [-0.4, -0.2) is 0 Å². The van der Waals surface area contributed by atoms with Crippen molar-refractivity contribution in [2.24, 2.45) is 11.8 Å². The summed E-state index contributed by atoms with van der Waals surface area (Å²) in [5.41, 5.74) is 5.09. The molecule has 3 rings (SSSR count). The fourth-order valence-electron chi connectivity index (χ4n) is 3.85. The molecule has 0 aromatic rings. The van der Waals surface area contributed by atoms with Gasteiger partial charge in [0.25, 0.3) is 0 Å². The monoisotopic (exact) mass is 188 g/mol. The van der Waals surface area contributed by atoms with Crippen LogP contribution in [0.5, 0.6) is 0 Å². The van der Waals surface area contributed by atoms with E-state index in [0.717, 1.165) is 11.8 Å². The van der Waals surface area contributed by atoms with Crippen molar-refractivity contribution in [1.29, 1.82) is 0 Å². The Morgan fingerprint density at radius 1 is 0.857 bits per heavy atom. The second-order valence-corrected chi connectivity index (χ2v) is 5.30. The molecule has 0 saturated heterocycles. The molecule has 3 aliphatic rings. The lowest BCUT2D eigenvalue weighted by Crippen LogP contribution is -2.20. The third-order valence-electron chi connectivity index (χ3n) is 4.53. The van der Waals surface area contributed by atoms with E-state index in [1.165, 1.54) is 56.9 Å². The molecule has 0 bridgehead atoms. The van der Waals surface area contributed by atoms with Crippen molar-refractivity contribution in [3.05, 3.63) is 23.3 Å². The fourth-order valence-corrected chi connectivity index (χ4v) is 3.85. The Labute approximate surface area is 87.1 Å². The van der Waals surface area contributed by atoms with Gasteiger partial charge >= 0.3 is 0 Å². The molecule has 0 nitrogen and oxygen atoms in total. The molecule has 0 radical (unpaired) electrons. The lowest BCUT2D eigenvalue weighted by atomic mass is 9.71. The van der Waals surface area contributed by atoms with Gasteiger partial charge < -0.3 is 0 Å². The molecule has 2 fully saturated rings. The van der Waals surface area contributed by atoms with Gasteiger partial charge in [-0.15, -0.1) is 0 Å². The first-order valence-corrected chi connectivity index (χ1v) is 6.27. The van der Waals surface area contributed by atoms with Gasteiger partial charge in [0.05, 0.1) is 0 Å². The first kappa shape index (κ1) is 8.76. The van der Waals surface area contributed by atoms with Gasteiger partial charge in [-0.05, 0) is 62.4 Å². The third kappa shape index (κ3) is 1.20. The molecule has 0 aromatic heterocycles. The average molecular weight is 188 g/mol. The normalized spacial score (nSPS) is 37.0. The van der Waals surface area contributed by atoms with E-state index in [0.29, 0.717) is 0 Å². The SMILES string of the molecule is C=C1CCC2CCC3CCCCC3=C12. The van der Waals surface area contributed by atoms with Gasteiger partial charge in [0, 0.05) is 0 Å². The van der Waals surface area contributed by atoms with Crippen molar-refractivity contribution in [3.63, 3.8) is 0 Å². The lowest BCUT2D eigenvalue weighted by Gasteiger charge is -2.34. The van der Waals surface area contributed by atoms with Crippen LogP contribution in [0.15, 0.2) is 23.3 Å². The second-order valence-electron chi connectivity index (χ2n) is 5.30. The molecule has 14 heavy (non-hydrogen) atoms. The average Bonchev–Trinajstić information content (AvgIpc) is 2.61. The molecule has 0 aliphatic heterocycles. The van der Waals surface area contributed by atoms with Crippen molar-refractivity contribution < 1.29 is 0 Å². The highest BCUT2D eigenvalue weighted by atomic mass is 14.4. The zero-order valence-corrected chi connectivity index (χ0v) is 9.02. The van der Waals surface area contributed by atoms with Crippen molar-refractivity contribution in [2.75, 3.05) is 0 Å². The van der Waals surface area contributed by atoms with Crippen LogP contribution in [0.2, 0.25) is 0 Å². The van der Waals surface area contributed by atoms with Crippen molar-refractivity contribution >= 4 is 0 Å². The minimum absolute atomic E-state index is 0.923. The minimum Gasteiger partial charge on any atom is -0.0955 e. The van der Waals surface area contributed by atoms with Crippen molar-refractivity contribution in [1.82, 2.24) is 0 Å².